The molecule has 120 valence electrons. The lowest BCUT2D eigenvalue weighted by molar-refractivity contribution is 0.291. The van der Waals surface area contributed by atoms with Gasteiger partial charge in [0.25, 0.3) is 0 Å². The van der Waals surface area contributed by atoms with Gasteiger partial charge in [0.2, 0.25) is 0 Å². The quantitative estimate of drug-likeness (QED) is 0.670. The van der Waals surface area contributed by atoms with Gasteiger partial charge in [0, 0.05) is 18.7 Å². The SMILES string of the molecule is CCCNCc1ccc(F)c(CN(C)CCCN(C)C)c1. The first kappa shape index (κ1) is 18.1. The van der Waals surface area contributed by atoms with E-state index in [0.29, 0.717) is 6.54 Å². The van der Waals surface area contributed by atoms with E-state index >= 15 is 0 Å². The summed E-state index contributed by atoms with van der Waals surface area (Å²) in [5.41, 5.74) is 1.94. The van der Waals surface area contributed by atoms with Crippen LogP contribution in [-0.4, -0.2) is 50.6 Å². The molecule has 0 atom stereocenters. The average Bonchev–Trinajstić information content (AvgIpc) is 2.42. The van der Waals surface area contributed by atoms with Crippen LogP contribution in [0.3, 0.4) is 0 Å². The predicted molar refractivity (Wildman–Crippen MR) is 87.9 cm³/mol. The summed E-state index contributed by atoms with van der Waals surface area (Å²) in [5.74, 6) is -0.103. The van der Waals surface area contributed by atoms with Crippen LogP contribution in [0.15, 0.2) is 18.2 Å². The molecule has 0 aliphatic heterocycles. The van der Waals surface area contributed by atoms with Gasteiger partial charge in [0.15, 0.2) is 0 Å². The van der Waals surface area contributed by atoms with E-state index in [0.717, 1.165) is 50.1 Å². The molecule has 4 heteroatoms. The molecule has 1 N–H and O–H groups in total. The van der Waals surface area contributed by atoms with Gasteiger partial charge >= 0.3 is 0 Å². The van der Waals surface area contributed by atoms with Gasteiger partial charge in [0.05, 0.1) is 0 Å². The smallest absolute Gasteiger partial charge is 0.127 e. The van der Waals surface area contributed by atoms with Crippen molar-refractivity contribution in [2.24, 2.45) is 0 Å². The maximum absolute atomic E-state index is 13.9. The lowest BCUT2D eigenvalue weighted by Gasteiger charge is -2.19. The van der Waals surface area contributed by atoms with Crippen LogP contribution >= 0.6 is 0 Å². The Hall–Kier alpha value is -0.970. The minimum Gasteiger partial charge on any atom is -0.313 e. The number of halogens is 1. The molecule has 0 aliphatic carbocycles. The van der Waals surface area contributed by atoms with E-state index in [4.69, 9.17) is 0 Å². The number of benzene rings is 1. The molecule has 0 aliphatic rings. The Kier molecular flexibility index (Phi) is 8.50. The molecule has 0 saturated carbocycles. The molecule has 0 fully saturated rings. The Labute approximate surface area is 129 Å². The first-order valence-electron chi connectivity index (χ1n) is 7.84. The number of nitrogens with zero attached hydrogens (tertiary/aromatic N) is 2. The van der Waals surface area contributed by atoms with E-state index in [2.05, 4.69) is 43.2 Å². The van der Waals surface area contributed by atoms with Crippen molar-refractivity contribution in [3.05, 3.63) is 35.1 Å². The molecule has 0 saturated heterocycles. The van der Waals surface area contributed by atoms with Gasteiger partial charge in [-0.3, -0.25) is 0 Å². The van der Waals surface area contributed by atoms with Crippen molar-refractivity contribution >= 4 is 0 Å². The van der Waals surface area contributed by atoms with E-state index in [1.54, 1.807) is 6.07 Å². The van der Waals surface area contributed by atoms with Gasteiger partial charge in [-0.15, -0.1) is 0 Å². The number of hydrogen-bond donors (Lipinski definition) is 1. The van der Waals surface area contributed by atoms with Crippen molar-refractivity contribution in [1.29, 1.82) is 0 Å². The first-order chi connectivity index (χ1) is 10.0. The van der Waals surface area contributed by atoms with E-state index in [1.165, 1.54) is 0 Å². The summed E-state index contributed by atoms with van der Waals surface area (Å²) < 4.78 is 13.9. The third kappa shape index (κ3) is 7.55. The summed E-state index contributed by atoms with van der Waals surface area (Å²) in [6, 6.07) is 5.44. The lowest BCUT2D eigenvalue weighted by Crippen LogP contribution is -2.24. The molecule has 0 spiro atoms. The van der Waals surface area contributed by atoms with Crippen LogP contribution < -0.4 is 5.32 Å². The molecular weight excluding hydrogens is 265 g/mol. The lowest BCUT2D eigenvalue weighted by atomic mass is 10.1. The monoisotopic (exact) mass is 295 g/mol. The standard InChI is InChI=1S/C17H30FN3/c1-5-9-19-13-15-7-8-17(18)16(12-15)14-21(4)11-6-10-20(2)3/h7-8,12,19H,5-6,9-11,13-14H2,1-4H3. The molecule has 3 nitrogen and oxygen atoms in total. The van der Waals surface area contributed by atoms with Crippen molar-refractivity contribution in [3.63, 3.8) is 0 Å². The molecular formula is C17H30FN3. The van der Waals surface area contributed by atoms with Crippen molar-refractivity contribution in [3.8, 4) is 0 Å². The van der Waals surface area contributed by atoms with Gasteiger partial charge in [0.1, 0.15) is 5.82 Å². The fraction of sp³-hybridized carbons (Fsp3) is 0.647. The van der Waals surface area contributed by atoms with Crippen LogP contribution in [0.1, 0.15) is 30.9 Å². The van der Waals surface area contributed by atoms with Gasteiger partial charge in [-0.1, -0.05) is 19.1 Å². The van der Waals surface area contributed by atoms with Gasteiger partial charge < -0.3 is 15.1 Å². The van der Waals surface area contributed by atoms with Crippen molar-refractivity contribution in [2.45, 2.75) is 32.9 Å². The molecule has 0 radical (unpaired) electrons. The third-order valence-electron chi connectivity index (χ3n) is 3.45. The largest absolute Gasteiger partial charge is 0.313 e. The number of nitrogens with one attached hydrogen (secondary N) is 1. The molecule has 0 heterocycles. The zero-order valence-electron chi connectivity index (χ0n) is 14.0. The highest BCUT2D eigenvalue weighted by molar-refractivity contribution is 5.25. The predicted octanol–water partition coefficient (Wildman–Crippen LogP) is 2.71. The molecule has 0 bridgehead atoms. The summed E-state index contributed by atoms with van der Waals surface area (Å²) in [4.78, 5) is 4.36. The first-order valence-corrected chi connectivity index (χ1v) is 7.84. The maximum Gasteiger partial charge on any atom is 0.127 e. The average molecular weight is 295 g/mol. The fourth-order valence-electron chi connectivity index (χ4n) is 2.30. The summed E-state index contributed by atoms with van der Waals surface area (Å²) in [5, 5.41) is 3.36. The highest BCUT2D eigenvalue weighted by atomic mass is 19.1. The Morgan fingerprint density at radius 1 is 1.14 bits per heavy atom. The summed E-state index contributed by atoms with van der Waals surface area (Å²) in [7, 11) is 6.20. The fourth-order valence-corrected chi connectivity index (χ4v) is 2.30. The second-order valence-electron chi connectivity index (χ2n) is 6.00. The molecule has 0 amide bonds. The van der Waals surface area contributed by atoms with E-state index in [9.17, 15) is 4.39 Å². The molecule has 0 aromatic heterocycles. The highest BCUT2D eigenvalue weighted by Gasteiger charge is 2.07. The van der Waals surface area contributed by atoms with Crippen LogP contribution in [0.2, 0.25) is 0 Å². The zero-order valence-corrected chi connectivity index (χ0v) is 14.0. The second-order valence-corrected chi connectivity index (χ2v) is 6.00. The molecule has 1 aromatic carbocycles. The van der Waals surface area contributed by atoms with Crippen LogP contribution in [0.25, 0.3) is 0 Å². The normalized spacial score (nSPS) is 11.6. The van der Waals surface area contributed by atoms with Gasteiger partial charge in [-0.25, -0.2) is 4.39 Å². The van der Waals surface area contributed by atoms with Crippen LogP contribution in [0.4, 0.5) is 4.39 Å². The van der Waals surface area contributed by atoms with Crippen LogP contribution in [0, 0.1) is 5.82 Å². The topological polar surface area (TPSA) is 18.5 Å². The minimum absolute atomic E-state index is 0.103. The van der Waals surface area contributed by atoms with E-state index in [1.807, 2.05) is 12.1 Å². The highest BCUT2D eigenvalue weighted by Crippen LogP contribution is 2.13. The summed E-state index contributed by atoms with van der Waals surface area (Å²) >= 11 is 0. The Morgan fingerprint density at radius 3 is 2.57 bits per heavy atom. The Bertz CT molecular complexity index is 407. The summed E-state index contributed by atoms with van der Waals surface area (Å²) in [6.45, 7) is 6.67. The van der Waals surface area contributed by atoms with Crippen LogP contribution in [0.5, 0.6) is 0 Å². The molecule has 1 aromatic rings. The molecule has 21 heavy (non-hydrogen) atoms. The number of hydrogen-bond acceptors (Lipinski definition) is 3. The van der Waals surface area contributed by atoms with E-state index in [-0.39, 0.29) is 5.82 Å². The third-order valence-corrected chi connectivity index (χ3v) is 3.45. The number of rotatable bonds is 10. The van der Waals surface area contributed by atoms with Crippen molar-refractivity contribution in [1.82, 2.24) is 15.1 Å². The zero-order chi connectivity index (χ0) is 15.7. The van der Waals surface area contributed by atoms with Crippen LogP contribution in [-0.2, 0) is 13.1 Å². The Balaban J connectivity index is 2.50. The van der Waals surface area contributed by atoms with Crippen molar-refractivity contribution in [2.75, 3.05) is 40.8 Å². The molecule has 0 unspecified atom stereocenters. The second kappa shape index (κ2) is 9.87. The Morgan fingerprint density at radius 2 is 1.90 bits per heavy atom. The van der Waals surface area contributed by atoms with E-state index < -0.39 is 0 Å². The van der Waals surface area contributed by atoms with Crippen molar-refractivity contribution < 1.29 is 4.39 Å². The minimum atomic E-state index is -0.103. The van der Waals surface area contributed by atoms with Gasteiger partial charge in [-0.2, -0.15) is 0 Å². The summed E-state index contributed by atoms with van der Waals surface area (Å²) in [6.07, 6.45) is 2.21. The molecule has 1 rings (SSSR count). The maximum atomic E-state index is 13.9. The van der Waals surface area contributed by atoms with Gasteiger partial charge in [-0.05, 0) is 65.2 Å².